The van der Waals surface area contributed by atoms with Crippen molar-refractivity contribution >= 4 is 5.91 Å². The zero-order chi connectivity index (χ0) is 16.8. The van der Waals surface area contributed by atoms with Gasteiger partial charge in [-0.05, 0) is 29.9 Å². The summed E-state index contributed by atoms with van der Waals surface area (Å²) in [5.74, 6) is -0.0466. The minimum Gasteiger partial charge on any atom is -0.381 e. The van der Waals surface area contributed by atoms with E-state index in [1.807, 2.05) is 48.5 Å². The highest BCUT2D eigenvalue weighted by Crippen LogP contribution is 2.30. The molecule has 2 N–H and O–H groups in total. The zero-order valence-corrected chi connectivity index (χ0v) is 13.6. The Morgan fingerprint density at radius 3 is 2.08 bits per heavy atom. The van der Waals surface area contributed by atoms with Gasteiger partial charge in [0.25, 0.3) is 5.91 Å². The largest absolute Gasteiger partial charge is 0.381 e. The van der Waals surface area contributed by atoms with E-state index in [2.05, 4.69) is 5.32 Å². The fourth-order valence-corrected chi connectivity index (χ4v) is 3.20. The first-order chi connectivity index (χ1) is 11.8. The molecule has 1 aliphatic heterocycles. The van der Waals surface area contributed by atoms with Crippen LogP contribution in [-0.4, -0.2) is 24.2 Å². The number of hydrogen-bond acceptors (Lipinski definition) is 3. The van der Waals surface area contributed by atoms with E-state index in [0.717, 1.165) is 18.4 Å². The number of aliphatic hydroxyl groups excluding tert-OH is 1. The third kappa shape index (κ3) is 4.02. The van der Waals surface area contributed by atoms with Crippen LogP contribution in [0.4, 0.5) is 0 Å². The van der Waals surface area contributed by atoms with Gasteiger partial charge in [-0.2, -0.15) is 0 Å². The normalized spacial score (nSPS) is 17.9. The van der Waals surface area contributed by atoms with Gasteiger partial charge < -0.3 is 15.2 Å². The van der Waals surface area contributed by atoms with Crippen molar-refractivity contribution in [1.82, 2.24) is 5.32 Å². The van der Waals surface area contributed by atoms with Crippen molar-refractivity contribution in [3.05, 3.63) is 71.8 Å². The molecule has 24 heavy (non-hydrogen) atoms. The number of carbonyl (C=O) groups excluding carboxylic acids is 1. The van der Waals surface area contributed by atoms with Crippen LogP contribution in [0.1, 0.15) is 36.1 Å². The van der Waals surface area contributed by atoms with Crippen LogP contribution < -0.4 is 5.32 Å². The molecule has 0 saturated carbocycles. The first kappa shape index (κ1) is 16.7. The van der Waals surface area contributed by atoms with E-state index in [1.54, 1.807) is 12.1 Å². The molecule has 0 aromatic heterocycles. The Morgan fingerprint density at radius 2 is 1.50 bits per heavy atom. The fourth-order valence-electron chi connectivity index (χ4n) is 3.20. The second kappa shape index (κ2) is 8.08. The number of carbonyl (C=O) groups is 1. The van der Waals surface area contributed by atoms with Crippen molar-refractivity contribution < 1.29 is 14.6 Å². The van der Waals surface area contributed by atoms with Crippen LogP contribution in [0.3, 0.4) is 0 Å². The molecule has 1 amide bonds. The highest BCUT2D eigenvalue weighted by molar-refractivity contribution is 5.82. The van der Waals surface area contributed by atoms with Crippen molar-refractivity contribution in [2.24, 2.45) is 5.92 Å². The van der Waals surface area contributed by atoms with Crippen LogP contribution in [0.25, 0.3) is 0 Å². The lowest BCUT2D eigenvalue weighted by Gasteiger charge is -2.32. The van der Waals surface area contributed by atoms with E-state index >= 15 is 0 Å². The van der Waals surface area contributed by atoms with Gasteiger partial charge in [0, 0.05) is 13.2 Å². The van der Waals surface area contributed by atoms with Crippen molar-refractivity contribution in [2.45, 2.75) is 25.0 Å². The highest BCUT2D eigenvalue weighted by atomic mass is 16.5. The molecule has 2 aromatic rings. The van der Waals surface area contributed by atoms with Gasteiger partial charge in [-0.15, -0.1) is 0 Å². The zero-order valence-electron chi connectivity index (χ0n) is 13.6. The van der Waals surface area contributed by atoms with Crippen LogP contribution in [-0.2, 0) is 9.53 Å². The summed E-state index contributed by atoms with van der Waals surface area (Å²) in [5, 5.41) is 13.4. The predicted octanol–water partition coefficient (Wildman–Crippen LogP) is 3.00. The Kier molecular flexibility index (Phi) is 5.62. The van der Waals surface area contributed by atoms with E-state index in [0.29, 0.717) is 24.7 Å². The standard InChI is InChI=1S/C20H23NO3/c22-19(17-9-5-2-6-10-17)20(23)21-18(15-7-3-1-4-8-15)16-11-13-24-14-12-16/h1-10,16,18-19,22H,11-14H2,(H,21,23)/t18-,19-/m1/s1. The minimum atomic E-state index is -1.16. The van der Waals surface area contributed by atoms with Gasteiger partial charge in [0.2, 0.25) is 0 Å². The van der Waals surface area contributed by atoms with E-state index in [9.17, 15) is 9.90 Å². The van der Waals surface area contributed by atoms with E-state index in [-0.39, 0.29) is 11.9 Å². The Hall–Kier alpha value is -2.17. The average molecular weight is 325 g/mol. The fraction of sp³-hybridized carbons (Fsp3) is 0.350. The first-order valence-electron chi connectivity index (χ1n) is 8.42. The van der Waals surface area contributed by atoms with Gasteiger partial charge in [-0.3, -0.25) is 4.79 Å². The summed E-state index contributed by atoms with van der Waals surface area (Å²) in [6.45, 7) is 1.43. The molecule has 0 radical (unpaired) electrons. The Labute approximate surface area is 142 Å². The summed E-state index contributed by atoms with van der Waals surface area (Å²) in [5.41, 5.74) is 1.67. The second-order valence-electron chi connectivity index (χ2n) is 6.16. The highest BCUT2D eigenvalue weighted by Gasteiger charge is 2.29. The number of benzene rings is 2. The Bertz CT molecular complexity index is 638. The van der Waals surface area contributed by atoms with Crippen LogP contribution in [0, 0.1) is 5.92 Å². The third-order valence-corrected chi connectivity index (χ3v) is 4.56. The van der Waals surface area contributed by atoms with Crippen LogP contribution in [0.5, 0.6) is 0 Å². The predicted molar refractivity (Wildman–Crippen MR) is 92.3 cm³/mol. The number of amides is 1. The van der Waals surface area contributed by atoms with E-state index in [1.165, 1.54) is 0 Å². The summed E-state index contributed by atoms with van der Waals surface area (Å²) in [4.78, 5) is 12.6. The van der Waals surface area contributed by atoms with Crippen molar-refractivity contribution in [3.8, 4) is 0 Å². The molecule has 0 bridgehead atoms. The lowest BCUT2D eigenvalue weighted by atomic mass is 9.87. The first-order valence-corrected chi connectivity index (χ1v) is 8.42. The van der Waals surface area contributed by atoms with Crippen molar-refractivity contribution in [1.29, 1.82) is 0 Å². The molecule has 1 heterocycles. The molecular weight excluding hydrogens is 302 g/mol. The van der Waals surface area contributed by atoms with Gasteiger partial charge in [0.05, 0.1) is 6.04 Å². The molecule has 3 rings (SSSR count). The van der Waals surface area contributed by atoms with Crippen molar-refractivity contribution in [3.63, 3.8) is 0 Å². The quantitative estimate of drug-likeness (QED) is 0.888. The molecular formula is C20H23NO3. The molecule has 0 unspecified atom stereocenters. The van der Waals surface area contributed by atoms with E-state index in [4.69, 9.17) is 4.74 Å². The molecule has 4 heteroatoms. The van der Waals surface area contributed by atoms with Gasteiger partial charge in [-0.1, -0.05) is 60.7 Å². The number of hydrogen-bond donors (Lipinski definition) is 2. The molecule has 1 fully saturated rings. The number of ether oxygens (including phenoxy) is 1. The van der Waals surface area contributed by atoms with Gasteiger partial charge in [-0.25, -0.2) is 0 Å². The molecule has 0 spiro atoms. The lowest BCUT2D eigenvalue weighted by Crippen LogP contribution is -2.38. The second-order valence-corrected chi connectivity index (χ2v) is 6.16. The molecule has 2 atom stereocenters. The van der Waals surface area contributed by atoms with Gasteiger partial charge >= 0.3 is 0 Å². The molecule has 126 valence electrons. The topological polar surface area (TPSA) is 58.6 Å². The maximum Gasteiger partial charge on any atom is 0.253 e. The lowest BCUT2D eigenvalue weighted by molar-refractivity contribution is -0.131. The molecule has 2 aromatic carbocycles. The summed E-state index contributed by atoms with van der Waals surface area (Å²) in [6, 6.07) is 18.9. The van der Waals surface area contributed by atoms with Crippen LogP contribution in [0.2, 0.25) is 0 Å². The smallest absolute Gasteiger partial charge is 0.253 e. The van der Waals surface area contributed by atoms with E-state index < -0.39 is 6.10 Å². The van der Waals surface area contributed by atoms with Crippen molar-refractivity contribution in [2.75, 3.05) is 13.2 Å². The molecule has 1 saturated heterocycles. The van der Waals surface area contributed by atoms with Crippen LogP contribution >= 0.6 is 0 Å². The summed E-state index contributed by atoms with van der Waals surface area (Å²) < 4.78 is 5.45. The average Bonchev–Trinajstić information content (AvgIpc) is 2.67. The van der Waals surface area contributed by atoms with Gasteiger partial charge in [0.1, 0.15) is 0 Å². The number of rotatable bonds is 5. The summed E-state index contributed by atoms with van der Waals surface area (Å²) in [6.07, 6.45) is 0.653. The SMILES string of the molecule is O=C(N[C@H](c1ccccc1)C1CCOCC1)[C@H](O)c1ccccc1. The summed E-state index contributed by atoms with van der Waals surface area (Å²) >= 11 is 0. The summed E-state index contributed by atoms with van der Waals surface area (Å²) in [7, 11) is 0. The van der Waals surface area contributed by atoms with Crippen LogP contribution in [0.15, 0.2) is 60.7 Å². The maximum atomic E-state index is 12.6. The number of nitrogens with one attached hydrogen (secondary N) is 1. The molecule has 1 aliphatic rings. The molecule has 4 nitrogen and oxygen atoms in total. The molecule has 0 aliphatic carbocycles. The Balaban J connectivity index is 1.77. The minimum absolute atomic E-state index is 0.110. The maximum absolute atomic E-state index is 12.6. The number of aliphatic hydroxyl groups is 1. The van der Waals surface area contributed by atoms with Gasteiger partial charge in [0.15, 0.2) is 6.10 Å². The third-order valence-electron chi connectivity index (χ3n) is 4.56. The Morgan fingerprint density at radius 1 is 0.958 bits per heavy atom. The monoisotopic (exact) mass is 325 g/mol.